The quantitative estimate of drug-likeness (QED) is 0.510. The fourth-order valence-electron chi connectivity index (χ4n) is 1.11. The summed E-state index contributed by atoms with van der Waals surface area (Å²) in [7, 11) is 0. The lowest BCUT2D eigenvalue weighted by Gasteiger charge is -2.26. The normalized spacial score (nSPS) is 20.8. The van der Waals surface area contributed by atoms with E-state index in [2.05, 4.69) is 4.74 Å². The molecular formula is C7H12N2O4. The van der Waals surface area contributed by atoms with Crippen LogP contribution < -0.4 is 5.73 Å². The average Bonchev–Trinajstić information content (AvgIpc) is 2.04. The number of ether oxygens (including phenoxy) is 1. The van der Waals surface area contributed by atoms with E-state index in [1.165, 1.54) is 0 Å². The van der Waals surface area contributed by atoms with Crippen molar-refractivity contribution >= 4 is 11.9 Å². The Labute approximate surface area is 75.3 Å². The molecule has 0 aromatic heterocycles. The summed E-state index contributed by atoms with van der Waals surface area (Å²) in [5, 5.41) is 8.51. The Kier molecular flexibility index (Phi) is 3.21. The van der Waals surface area contributed by atoms with Gasteiger partial charge in [-0.25, -0.2) is 0 Å². The van der Waals surface area contributed by atoms with Gasteiger partial charge in [0.15, 0.2) is 0 Å². The molecule has 1 aliphatic heterocycles. The van der Waals surface area contributed by atoms with Crippen LogP contribution in [0.1, 0.15) is 0 Å². The minimum absolute atomic E-state index is 0.126. The maximum Gasteiger partial charge on any atom is 0.321 e. The maximum atomic E-state index is 10.8. The fourth-order valence-corrected chi connectivity index (χ4v) is 1.11. The third-order valence-electron chi connectivity index (χ3n) is 1.80. The van der Waals surface area contributed by atoms with E-state index in [0.717, 1.165) is 0 Å². The first-order valence-electron chi connectivity index (χ1n) is 3.96. The molecule has 1 rings (SSSR count). The summed E-state index contributed by atoms with van der Waals surface area (Å²) in [5.74, 6) is -1.39. The van der Waals surface area contributed by atoms with Gasteiger partial charge in [0, 0.05) is 13.1 Å². The van der Waals surface area contributed by atoms with E-state index < -0.39 is 12.0 Å². The summed E-state index contributed by atoms with van der Waals surface area (Å²) in [6.45, 7) is 1.17. The highest BCUT2D eigenvalue weighted by molar-refractivity contribution is 5.74. The third kappa shape index (κ3) is 3.00. The molecule has 1 aliphatic rings. The van der Waals surface area contributed by atoms with Gasteiger partial charge in [-0.2, -0.15) is 0 Å². The van der Waals surface area contributed by atoms with Crippen molar-refractivity contribution in [3.8, 4) is 0 Å². The molecule has 0 aromatic rings. The van der Waals surface area contributed by atoms with Gasteiger partial charge < -0.3 is 15.6 Å². The van der Waals surface area contributed by atoms with Gasteiger partial charge in [0.25, 0.3) is 0 Å². The average molecular weight is 188 g/mol. The summed E-state index contributed by atoms with van der Waals surface area (Å²) < 4.78 is 4.68. The molecule has 6 heteroatoms. The Morgan fingerprint density at radius 1 is 1.77 bits per heavy atom. The van der Waals surface area contributed by atoms with Gasteiger partial charge in [0.05, 0.1) is 6.54 Å². The van der Waals surface area contributed by atoms with Crippen molar-refractivity contribution < 1.29 is 19.4 Å². The molecule has 1 atom stereocenters. The van der Waals surface area contributed by atoms with E-state index in [1.807, 2.05) is 0 Å². The van der Waals surface area contributed by atoms with E-state index in [9.17, 15) is 9.59 Å². The molecule has 0 radical (unpaired) electrons. The van der Waals surface area contributed by atoms with Crippen molar-refractivity contribution in [2.45, 2.75) is 6.04 Å². The van der Waals surface area contributed by atoms with Gasteiger partial charge in [0.1, 0.15) is 12.6 Å². The van der Waals surface area contributed by atoms with Crippen molar-refractivity contribution in [3.05, 3.63) is 0 Å². The highest BCUT2D eigenvalue weighted by Gasteiger charge is 2.22. The molecule has 0 spiro atoms. The summed E-state index contributed by atoms with van der Waals surface area (Å²) >= 11 is 0. The number of morpholine rings is 1. The van der Waals surface area contributed by atoms with Gasteiger partial charge in [-0.15, -0.1) is 0 Å². The van der Waals surface area contributed by atoms with Crippen LogP contribution in [0.15, 0.2) is 0 Å². The lowest BCUT2D eigenvalue weighted by molar-refractivity contribution is -0.151. The van der Waals surface area contributed by atoms with Crippen LogP contribution in [0.4, 0.5) is 0 Å². The van der Waals surface area contributed by atoms with Crippen molar-refractivity contribution in [3.63, 3.8) is 0 Å². The Bertz CT molecular complexity index is 219. The second kappa shape index (κ2) is 4.20. The maximum absolute atomic E-state index is 10.8. The molecule has 6 nitrogen and oxygen atoms in total. The molecule has 0 bridgehead atoms. The largest absolute Gasteiger partial charge is 0.480 e. The fraction of sp³-hybridized carbons (Fsp3) is 0.714. The first-order valence-corrected chi connectivity index (χ1v) is 3.96. The molecular weight excluding hydrogens is 176 g/mol. The summed E-state index contributed by atoms with van der Waals surface area (Å²) in [6, 6.07) is -0.939. The number of rotatable bonds is 3. The molecule has 1 unspecified atom stereocenters. The lowest BCUT2D eigenvalue weighted by Crippen LogP contribution is -2.48. The number of esters is 1. The number of carbonyl (C=O) groups excluding carboxylic acids is 1. The summed E-state index contributed by atoms with van der Waals surface area (Å²) in [6.07, 6.45) is 0. The minimum Gasteiger partial charge on any atom is -0.480 e. The second-order valence-corrected chi connectivity index (χ2v) is 2.90. The molecule has 1 fully saturated rings. The highest BCUT2D eigenvalue weighted by Crippen LogP contribution is 1.98. The van der Waals surface area contributed by atoms with Crippen molar-refractivity contribution in [1.29, 1.82) is 0 Å². The predicted octanol–water partition coefficient (Wildman–Crippen LogP) is -1.74. The molecule has 3 N–H and O–H groups in total. The third-order valence-corrected chi connectivity index (χ3v) is 1.80. The number of aliphatic carboxylic acids is 1. The van der Waals surface area contributed by atoms with Crippen LogP contribution in [-0.2, 0) is 14.3 Å². The van der Waals surface area contributed by atoms with E-state index in [4.69, 9.17) is 10.8 Å². The van der Waals surface area contributed by atoms with Crippen LogP contribution >= 0.6 is 0 Å². The molecule has 74 valence electrons. The zero-order valence-corrected chi connectivity index (χ0v) is 7.10. The smallest absolute Gasteiger partial charge is 0.321 e. The van der Waals surface area contributed by atoms with Crippen LogP contribution in [-0.4, -0.2) is 54.2 Å². The zero-order chi connectivity index (χ0) is 9.84. The van der Waals surface area contributed by atoms with Crippen LogP contribution in [0.25, 0.3) is 0 Å². The number of carboxylic acids is 1. The number of hydrogen-bond acceptors (Lipinski definition) is 5. The van der Waals surface area contributed by atoms with Gasteiger partial charge >= 0.3 is 11.9 Å². The Morgan fingerprint density at radius 3 is 3.00 bits per heavy atom. The van der Waals surface area contributed by atoms with E-state index in [-0.39, 0.29) is 19.1 Å². The zero-order valence-electron chi connectivity index (χ0n) is 7.10. The molecule has 0 aliphatic carbocycles. The van der Waals surface area contributed by atoms with Gasteiger partial charge in [0.2, 0.25) is 0 Å². The Morgan fingerprint density at radius 2 is 2.46 bits per heavy atom. The topological polar surface area (TPSA) is 92.9 Å². The number of hydrogen-bond donors (Lipinski definition) is 2. The van der Waals surface area contributed by atoms with E-state index in [1.54, 1.807) is 4.90 Å². The second-order valence-electron chi connectivity index (χ2n) is 2.90. The van der Waals surface area contributed by atoms with Gasteiger partial charge in [-0.1, -0.05) is 0 Å². The molecule has 0 aromatic carbocycles. The molecule has 1 saturated heterocycles. The molecule has 13 heavy (non-hydrogen) atoms. The van der Waals surface area contributed by atoms with Crippen molar-refractivity contribution in [1.82, 2.24) is 4.90 Å². The number of carboxylic acid groups (broad SMARTS) is 1. The Balaban J connectivity index is 2.35. The van der Waals surface area contributed by atoms with Crippen LogP contribution in [0.5, 0.6) is 0 Å². The number of cyclic esters (lactones) is 1. The number of carbonyl (C=O) groups is 2. The monoisotopic (exact) mass is 188 g/mol. The summed E-state index contributed by atoms with van der Waals surface area (Å²) in [4.78, 5) is 22.8. The first-order chi connectivity index (χ1) is 6.09. The standard InChI is InChI=1S/C7H12N2O4/c8-5(7(11)12)3-9-1-2-13-6(10)4-9/h5H,1-4,8H2,(H,11,12). The van der Waals surface area contributed by atoms with Crippen molar-refractivity contribution in [2.24, 2.45) is 5.73 Å². The first kappa shape index (κ1) is 9.94. The minimum atomic E-state index is -1.06. The van der Waals surface area contributed by atoms with Gasteiger partial charge in [-0.05, 0) is 0 Å². The van der Waals surface area contributed by atoms with Gasteiger partial charge in [-0.3, -0.25) is 14.5 Å². The number of nitrogens with zero attached hydrogens (tertiary/aromatic N) is 1. The van der Waals surface area contributed by atoms with Crippen molar-refractivity contribution in [2.75, 3.05) is 26.2 Å². The molecule has 0 amide bonds. The highest BCUT2D eigenvalue weighted by atomic mass is 16.5. The summed E-state index contributed by atoms with van der Waals surface area (Å²) in [5.41, 5.74) is 5.30. The van der Waals surface area contributed by atoms with Crippen LogP contribution in [0.3, 0.4) is 0 Å². The number of nitrogens with two attached hydrogens (primary N) is 1. The van der Waals surface area contributed by atoms with E-state index in [0.29, 0.717) is 13.2 Å². The molecule has 0 saturated carbocycles. The molecule has 1 heterocycles. The van der Waals surface area contributed by atoms with Crippen LogP contribution in [0.2, 0.25) is 0 Å². The predicted molar refractivity (Wildman–Crippen MR) is 43.0 cm³/mol. The van der Waals surface area contributed by atoms with Crippen LogP contribution in [0, 0.1) is 0 Å². The SMILES string of the molecule is NC(CN1CCOC(=O)C1)C(=O)O. The lowest BCUT2D eigenvalue weighted by atomic mass is 10.3. The van der Waals surface area contributed by atoms with E-state index >= 15 is 0 Å². The Hall–Kier alpha value is -1.14.